The van der Waals surface area contributed by atoms with Crippen LogP contribution in [-0.2, 0) is 11.3 Å². The van der Waals surface area contributed by atoms with Gasteiger partial charge < -0.3 is 15.4 Å². The predicted molar refractivity (Wildman–Crippen MR) is 117 cm³/mol. The van der Waals surface area contributed by atoms with Crippen LogP contribution in [0, 0.1) is 6.92 Å². The summed E-state index contributed by atoms with van der Waals surface area (Å²) in [5.41, 5.74) is 2.48. The molecule has 160 valence electrons. The van der Waals surface area contributed by atoms with Crippen molar-refractivity contribution in [3.8, 4) is 5.75 Å². The zero-order chi connectivity index (χ0) is 22.2. The zero-order valence-corrected chi connectivity index (χ0v) is 17.4. The summed E-state index contributed by atoms with van der Waals surface area (Å²) in [6, 6.07) is 17.4. The SMILES string of the molecule is CC(=O)NCCOc1ccc(NC(=O)c2ccc(=O)n(Cc3ccc(C)cc3)n2)cc1. The van der Waals surface area contributed by atoms with Gasteiger partial charge in [-0.3, -0.25) is 14.4 Å². The Kier molecular flexibility index (Phi) is 7.16. The van der Waals surface area contributed by atoms with E-state index in [1.54, 1.807) is 24.3 Å². The Bertz CT molecular complexity index is 1110. The molecule has 0 aliphatic carbocycles. The van der Waals surface area contributed by atoms with Crippen LogP contribution >= 0.6 is 0 Å². The maximum atomic E-state index is 12.6. The smallest absolute Gasteiger partial charge is 0.276 e. The van der Waals surface area contributed by atoms with Crippen molar-refractivity contribution in [2.45, 2.75) is 20.4 Å². The molecule has 0 aliphatic rings. The van der Waals surface area contributed by atoms with Crippen LogP contribution in [0.25, 0.3) is 0 Å². The minimum absolute atomic E-state index is 0.111. The summed E-state index contributed by atoms with van der Waals surface area (Å²) in [5.74, 6) is 0.0885. The highest BCUT2D eigenvalue weighted by Crippen LogP contribution is 2.16. The number of amides is 2. The van der Waals surface area contributed by atoms with Crippen LogP contribution < -0.4 is 20.9 Å². The van der Waals surface area contributed by atoms with Crippen LogP contribution in [0.1, 0.15) is 28.5 Å². The van der Waals surface area contributed by atoms with Crippen molar-refractivity contribution < 1.29 is 14.3 Å². The molecule has 1 heterocycles. The molecule has 0 atom stereocenters. The number of nitrogens with zero attached hydrogens (tertiary/aromatic N) is 2. The molecule has 31 heavy (non-hydrogen) atoms. The van der Waals surface area contributed by atoms with Gasteiger partial charge in [0.2, 0.25) is 5.91 Å². The van der Waals surface area contributed by atoms with Gasteiger partial charge in [0.25, 0.3) is 11.5 Å². The van der Waals surface area contributed by atoms with Crippen molar-refractivity contribution in [1.82, 2.24) is 15.1 Å². The molecule has 0 bridgehead atoms. The molecule has 2 N–H and O–H groups in total. The van der Waals surface area contributed by atoms with Gasteiger partial charge in [0.05, 0.1) is 13.1 Å². The molecule has 0 saturated heterocycles. The fraction of sp³-hybridized carbons (Fsp3) is 0.217. The van der Waals surface area contributed by atoms with Crippen LogP contribution in [0.15, 0.2) is 65.5 Å². The van der Waals surface area contributed by atoms with Gasteiger partial charge in [-0.1, -0.05) is 29.8 Å². The molecule has 8 nitrogen and oxygen atoms in total. The van der Waals surface area contributed by atoms with E-state index >= 15 is 0 Å². The molecule has 1 aromatic heterocycles. The Hall–Kier alpha value is -3.94. The number of benzene rings is 2. The third-order valence-corrected chi connectivity index (χ3v) is 4.41. The second-order valence-corrected chi connectivity index (χ2v) is 7.01. The van der Waals surface area contributed by atoms with E-state index in [0.29, 0.717) is 24.6 Å². The number of ether oxygens (including phenoxy) is 1. The number of carbonyl (C=O) groups excluding carboxylic acids is 2. The highest BCUT2D eigenvalue weighted by molar-refractivity contribution is 6.02. The van der Waals surface area contributed by atoms with E-state index in [1.165, 1.54) is 23.7 Å². The first-order valence-electron chi connectivity index (χ1n) is 9.83. The predicted octanol–water partition coefficient (Wildman–Crippen LogP) is 2.37. The summed E-state index contributed by atoms with van der Waals surface area (Å²) in [7, 11) is 0. The van der Waals surface area contributed by atoms with Crippen molar-refractivity contribution in [3.05, 3.63) is 87.8 Å². The first-order chi connectivity index (χ1) is 14.9. The maximum absolute atomic E-state index is 12.6. The van der Waals surface area contributed by atoms with Gasteiger partial charge in [0, 0.05) is 18.7 Å². The van der Waals surface area contributed by atoms with E-state index in [2.05, 4.69) is 15.7 Å². The van der Waals surface area contributed by atoms with E-state index in [1.807, 2.05) is 31.2 Å². The van der Waals surface area contributed by atoms with Gasteiger partial charge in [0.1, 0.15) is 18.1 Å². The highest BCUT2D eigenvalue weighted by atomic mass is 16.5. The number of aryl methyl sites for hydroxylation is 1. The van der Waals surface area contributed by atoms with Gasteiger partial charge in [-0.2, -0.15) is 5.10 Å². The monoisotopic (exact) mass is 420 g/mol. The van der Waals surface area contributed by atoms with Gasteiger partial charge in [-0.25, -0.2) is 4.68 Å². The first kappa shape index (κ1) is 21.8. The standard InChI is InChI=1S/C23H24N4O4/c1-16-3-5-18(6-4-16)15-27-22(29)12-11-21(26-27)23(30)25-19-7-9-20(10-8-19)31-14-13-24-17(2)28/h3-12H,13-15H2,1-2H3,(H,24,28)(H,25,30). The van der Waals surface area contributed by atoms with E-state index in [4.69, 9.17) is 4.74 Å². The minimum Gasteiger partial charge on any atom is -0.492 e. The van der Waals surface area contributed by atoms with E-state index in [9.17, 15) is 14.4 Å². The minimum atomic E-state index is -0.419. The summed E-state index contributed by atoms with van der Waals surface area (Å²) in [6.07, 6.45) is 0. The maximum Gasteiger partial charge on any atom is 0.276 e. The number of hydrogen-bond donors (Lipinski definition) is 2. The fourth-order valence-corrected chi connectivity index (χ4v) is 2.78. The van der Waals surface area contributed by atoms with E-state index < -0.39 is 5.91 Å². The summed E-state index contributed by atoms with van der Waals surface area (Å²) in [6.45, 7) is 4.48. The third kappa shape index (κ3) is 6.53. The van der Waals surface area contributed by atoms with Crippen LogP contribution in [0.2, 0.25) is 0 Å². The normalized spacial score (nSPS) is 10.4. The lowest BCUT2D eigenvalue weighted by Crippen LogP contribution is -2.26. The molecule has 0 saturated carbocycles. The summed E-state index contributed by atoms with van der Waals surface area (Å²) < 4.78 is 6.79. The molecular formula is C23H24N4O4. The number of hydrogen-bond acceptors (Lipinski definition) is 5. The van der Waals surface area contributed by atoms with Gasteiger partial charge in [-0.05, 0) is 42.8 Å². The molecule has 3 rings (SSSR count). The van der Waals surface area contributed by atoms with Crippen molar-refractivity contribution in [3.63, 3.8) is 0 Å². The van der Waals surface area contributed by atoms with Crippen LogP contribution in [0.5, 0.6) is 5.75 Å². The molecule has 0 aliphatic heterocycles. The molecule has 0 unspecified atom stereocenters. The summed E-state index contributed by atoms with van der Waals surface area (Å²) >= 11 is 0. The lowest BCUT2D eigenvalue weighted by atomic mass is 10.1. The molecule has 0 fully saturated rings. The van der Waals surface area contributed by atoms with Crippen LogP contribution in [-0.4, -0.2) is 34.7 Å². The number of aromatic nitrogens is 2. The second kappa shape index (κ2) is 10.2. The van der Waals surface area contributed by atoms with E-state index in [-0.39, 0.29) is 23.7 Å². The highest BCUT2D eigenvalue weighted by Gasteiger charge is 2.11. The largest absolute Gasteiger partial charge is 0.492 e. The second-order valence-electron chi connectivity index (χ2n) is 7.01. The average Bonchev–Trinajstić information content (AvgIpc) is 2.75. The zero-order valence-electron chi connectivity index (χ0n) is 17.4. The Labute approximate surface area is 179 Å². The van der Waals surface area contributed by atoms with Gasteiger partial charge in [-0.15, -0.1) is 0 Å². The number of anilines is 1. The molecule has 3 aromatic rings. The summed E-state index contributed by atoms with van der Waals surface area (Å²) in [5, 5.41) is 9.60. The lowest BCUT2D eigenvalue weighted by Gasteiger charge is -2.10. The molecule has 0 radical (unpaired) electrons. The number of nitrogens with one attached hydrogen (secondary N) is 2. The number of carbonyl (C=O) groups is 2. The Balaban J connectivity index is 1.61. The molecule has 2 amide bonds. The van der Waals surface area contributed by atoms with Gasteiger partial charge >= 0.3 is 0 Å². The van der Waals surface area contributed by atoms with Crippen molar-refractivity contribution in [2.24, 2.45) is 0 Å². The van der Waals surface area contributed by atoms with Crippen molar-refractivity contribution in [1.29, 1.82) is 0 Å². The average molecular weight is 420 g/mol. The summed E-state index contributed by atoms with van der Waals surface area (Å²) in [4.78, 5) is 35.5. The third-order valence-electron chi connectivity index (χ3n) is 4.41. The quantitative estimate of drug-likeness (QED) is 0.545. The van der Waals surface area contributed by atoms with Crippen molar-refractivity contribution in [2.75, 3.05) is 18.5 Å². The first-order valence-corrected chi connectivity index (χ1v) is 9.83. The van der Waals surface area contributed by atoms with E-state index in [0.717, 1.165) is 11.1 Å². The number of rotatable bonds is 8. The van der Waals surface area contributed by atoms with Crippen molar-refractivity contribution >= 4 is 17.5 Å². The lowest BCUT2D eigenvalue weighted by molar-refractivity contribution is -0.119. The molecule has 8 heteroatoms. The van der Waals surface area contributed by atoms with Gasteiger partial charge in [0.15, 0.2) is 0 Å². The van der Waals surface area contributed by atoms with Crippen LogP contribution in [0.3, 0.4) is 0 Å². The molecule has 0 spiro atoms. The Morgan fingerprint density at radius 2 is 1.71 bits per heavy atom. The fourth-order valence-electron chi connectivity index (χ4n) is 2.78. The molecule has 2 aromatic carbocycles. The van der Waals surface area contributed by atoms with Crippen LogP contribution in [0.4, 0.5) is 5.69 Å². The topological polar surface area (TPSA) is 102 Å². The Morgan fingerprint density at radius 3 is 2.39 bits per heavy atom. The molecular weight excluding hydrogens is 396 g/mol. The Morgan fingerprint density at radius 1 is 1.00 bits per heavy atom.